The number of amides is 1. The van der Waals surface area contributed by atoms with Gasteiger partial charge in [0.15, 0.2) is 0 Å². The van der Waals surface area contributed by atoms with Crippen LogP contribution in [-0.4, -0.2) is 28.5 Å². The van der Waals surface area contributed by atoms with E-state index >= 15 is 0 Å². The van der Waals surface area contributed by atoms with Crippen molar-refractivity contribution in [2.45, 2.75) is 38.4 Å². The van der Waals surface area contributed by atoms with Crippen LogP contribution in [0.15, 0.2) is 97.3 Å². The largest absolute Gasteiger partial charge is 0.345 e. The highest BCUT2D eigenvalue weighted by atomic mass is 16.1. The third-order valence-corrected chi connectivity index (χ3v) is 7.78. The van der Waals surface area contributed by atoms with Crippen molar-refractivity contribution in [3.05, 3.63) is 125 Å². The average molecular weight is 530 g/mol. The third-order valence-electron chi connectivity index (χ3n) is 7.78. The number of benzene rings is 4. The van der Waals surface area contributed by atoms with Gasteiger partial charge in [0.25, 0.3) is 5.91 Å². The molecule has 40 heavy (non-hydrogen) atoms. The van der Waals surface area contributed by atoms with Gasteiger partial charge in [0, 0.05) is 31.7 Å². The molecular weight excluding hydrogens is 494 g/mol. The Morgan fingerprint density at radius 1 is 0.925 bits per heavy atom. The van der Waals surface area contributed by atoms with Gasteiger partial charge in [0.2, 0.25) is 0 Å². The van der Waals surface area contributed by atoms with Crippen LogP contribution in [-0.2, 0) is 19.5 Å². The number of aromatic nitrogens is 2. The Morgan fingerprint density at radius 3 is 2.65 bits per heavy atom. The van der Waals surface area contributed by atoms with Gasteiger partial charge in [-0.2, -0.15) is 0 Å². The number of rotatable bonds is 9. The molecule has 6 heteroatoms. The van der Waals surface area contributed by atoms with Crippen molar-refractivity contribution in [1.29, 1.82) is 0 Å². The highest BCUT2D eigenvalue weighted by molar-refractivity contribution is 5.94. The molecule has 0 fully saturated rings. The molecule has 6 nitrogen and oxygen atoms in total. The Bertz CT molecular complexity index is 1620. The van der Waals surface area contributed by atoms with Crippen LogP contribution < -0.4 is 16.4 Å². The maximum atomic E-state index is 13.2. The molecule has 1 aliphatic carbocycles. The summed E-state index contributed by atoms with van der Waals surface area (Å²) in [5.41, 5.74) is 15.5. The lowest BCUT2D eigenvalue weighted by atomic mass is 9.87. The van der Waals surface area contributed by atoms with E-state index in [-0.39, 0.29) is 11.9 Å². The van der Waals surface area contributed by atoms with Gasteiger partial charge in [0.1, 0.15) is 0 Å². The number of fused-ring (bicyclic) bond motifs is 2. The van der Waals surface area contributed by atoms with E-state index < -0.39 is 0 Å². The van der Waals surface area contributed by atoms with E-state index in [2.05, 4.69) is 93.0 Å². The zero-order chi connectivity index (χ0) is 27.3. The normalized spacial score (nSPS) is 14.7. The molecular formula is C34H35N5O. The molecule has 5 aromatic rings. The number of imidazole rings is 1. The lowest BCUT2D eigenvalue weighted by Gasteiger charge is -2.26. The minimum absolute atomic E-state index is 0.0250. The molecule has 202 valence electrons. The first kappa shape index (κ1) is 26.0. The van der Waals surface area contributed by atoms with Crippen LogP contribution in [0.3, 0.4) is 0 Å². The standard InChI is InChI=1S/C34H35N5O/c35-17-18-36-21-24-11-13-26(14-12-24)28-15-16-32-33(20-28)39(23-37-32)22-25-5-3-8-29(19-25)34(40)38-31-10-4-7-27-6-1-2-9-30(27)31/h1-3,5-6,8-9,11-16,19-20,23,31,36H,4,7,10,17-18,21-22,35H2,(H,38,40). The van der Waals surface area contributed by atoms with Crippen molar-refractivity contribution in [3.63, 3.8) is 0 Å². The van der Waals surface area contributed by atoms with E-state index in [1.165, 1.54) is 22.3 Å². The van der Waals surface area contributed by atoms with E-state index in [1.54, 1.807) is 0 Å². The highest BCUT2D eigenvalue weighted by Crippen LogP contribution is 2.30. The van der Waals surface area contributed by atoms with Gasteiger partial charge in [-0.3, -0.25) is 4.79 Å². The molecule has 1 unspecified atom stereocenters. The molecule has 6 rings (SSSR count). The molecule has 1 atom stereocenters. The number of carbonyl (C=O) groups excluding carboxylic acids is 1. The van der Waals surface area contributed by atoms with Gasteiger partial charge in [-0.15, -0.1) is 0 Å². The smallest absolute Gasteiger partial charge is 0.251 e. The third kappa shape index (κ3) is 5.69. The summed E-state index contributed by atoms with van der Waals surface area (Å²) in [6.45, 7) is 2.90. The lowest BCUT2D eigenvalue weighted by molar-refractivity contribution is 0.0932. The fraction of sp³-hybridized carbons (Fsp3) is 0.235. The molecule has 0 saturated heterocycles. The summed E-state index contributed by atoms with van der Waals surface area (Å²) >= 11 is 0. The van der Waals surface area contributed by atoms with Crippen LogP contribution in [0.25, 0.3) is 22.2 Å². The first-order valence-electron chi connectivity index (χ1n) is 14.1. The summed E-state index contributed by atoms with van der Waals surface area (Å²) in [7, 11) is 0. The highest BCUT2D eigenvalue weighted by Gasteiger charge is 2.22. The second-order valence-electron chi connectivity index (χ2n) is 10.6. The number of carbonyl (C=O) groups is 1. The van der Waals surface area contributed by atoms with Crippen LogP contribution in [0, 0.1) is 0 Å². The van der Waals surface area contributed by atoms with Gasteiger partial charge in [0.05, 0.1) is 23.4 Å². The first-order valence-corrected chi connectivity index (χ1v) is 14.1. The number of aryl methyl sites for hydroxylation is 1. The molecule has 1 aliphatic rings. The molecule has 1 aromatic heterocycles. The van der Waals surface area contributed by atoms with Gasteiger partial charge in [-0.25, -0.2) is 4.98 Å². The Balaban J connectivity index is 1.18. The summed E-state index contributed by atoms with van der Waals surface area (Å²) in [6, 6.07) is 31.5. The molecule has 1 amide bonds. The minimum Gasteiger partial charge on any atom is -0.345 e. The van der Waals surface area contributed by atoms with Crippen LogP contribution >= 0.6 is 0 Å². The SMILES string of the molecule is NCCNCc1ccc(-c2ccc3ncn(Cc4cccc(C(=O)NC5CCCc6ccccc65)c4)c3c2)cc1. The summed E-state index contributed by atoms with van der Waals surface area (Å²) in [6.07, 6.45) is 5.02. The number of hydrogen-bond donors (Lipinski definition) is 3. The second-order valence-corrected chi connectivity index (χ2v) is 10.6. The van der Waals surface area contributed by atoms with E-state index in [0.717, 1.165) is 54.5 Å². The molecule has 0 radical (unpaired) electrons. The van der Waals surface area contributed by atoms with Gasteiger partial charge >= 0.3 is 0 Å². The van der Waals surface area contributed by atoms with Crippen molar-refractivity contribution in [2.24, 2.45) is 5.73 Å². The minimum atomic E-state index is -0.0250. The molecule has 4 aromatic carbocycles. The molecule has 0 aliphatic heterocycles. The van der Waals surface area contributed by atoms with E-state index in [9.17, 15) is 4.79 Å². The Labute approximate surface area is 235 Å². The van der Waals surface area contributed by atoms with Gasteiger partial charge in [-0.1, -0.05) is 66.7 Å². The van der Waals surface area contributed by atoms with Gasteiger partial charge < -0.3 is 20.9 Å². The lowest BCUT2D eigenvalue weighted by Crippen LogP contribution is -2.31. The van der Waals surface area contributed by atoms with Crippen molar-refractivity contribution < 1.29 is 4.79 Å². The molecule has 4 N–H and O–H groups in total. The van der Waals surface area contributed by atoms with Gasteiger partial charge in [-0.05, 0) is 76.9 Å². The summed E-state index contributed by atoms with van der Waals surface area (Å²) in [5.74, 6) is -0.0250. The Kier molecular flexibility index (Phi) is 7.71. The van der Waals surface area contributed by atoms with E-state index in [1.807, 2.05) is 24.5 Å². The summed E-state index contributed by atoms with van der Waals surface area (Å²) < 4.78 is 2.15. The molecule has 0 spiro atoms. The van der Waals surface area contributed by atoms with Crippen molar-refractivity contribution >= 4 is 16.9 Å². The van der Waals surface area contributed by atoms with Crippen LogP contribution in [0.4, 0.5) is 0 Å². The maximum absolute atomic E-state index is 13.2. The second kappa shape index (κ2) is 11.9. The molecule has 0 bridgehead atoms. The van der Waals surface area contributed by atoms with Crippen molar-refractivity contribution in [3.8, 4) is 11.1 Å². The fourth-order valence-corrected chi connectivity index (χ4v) is 5.67. The zero-order valence-electron chi connectivity index (χ0n) is 22.6. The summed E-state index contributed by atoms with van der Waals surface area (Å²) in [4.78, 5) is 17.9. The monoisotopic (exact) mass is 529 g/mol. The van der Waals surface area contributed by atoms with Crippen LogP contribution in [0.5, 0.6) is 0 Å². The topological polar surface area (TPSA) is 85.0 Å². The van der Waals surface area contributed by atoms with E-state index in [0.29, 0.717) is 18.7 Å². The predicted molar refractivity (Wildman–Crippen MR) is 161 cm³/mol. The quantitative estimate of drug-likeness (QED) is 0.217. The average Bonchev–Trinajstić information content (AvgIpc) is 3.39. The van der Waals surface area contributed by atoms with Crippen molar-refractivity contribution in [1.82, 2.24) is 20.2 Å². The number of nitrogens with zero attached hydrogens (tertiary/aromatic N) is 2. The fourth-order valence-electron chi connectivity index (χ4n) is 5.67. The molecule has 1 heterocycles. The Morgan fingerprint density at radius 2 is 1.77 bits per heavy atom. The Hall–Kier alpha value is -4.26. The molecule has 0 saturated carbocycles. The maximum Gasteiger partial charge on any atom is 0.251 e. The summed E-state index contributed by atoms with van der Waals surface area (Å²) in [5, 5.41) is 6.62. The number of nitrogens with two attached hydrogens (primary N) is 1. The van der Waals surface area contributed by atoms with Crippen molar-refractivity contribution in [2.75, 3.05) is 13.1 Å². The first-order chi connectivity index (χ1) is 19.7. The van der Waals surface area contributed by atoms with E-state index in [4.69, 9.17) is 5.73 Å². The zero-order valence-corrected chi connectivity index (χ0v) is 22.6. The predicted octanol–water partition coefficient (Wildman–Crippen LogP) is 5.61. The number of hydrogen-bond acceptors (Lipinski definition) is 4. The number of nitrogens with one attached hydrogen (secondary N) is 2. The van der Waals surface area contributed by atoms with Crippen LogP contribution in [0.1, 0.15) is 51.5 Å². The van der Waals surface area contributed by atoms with Crippen LogP contribution in [0.2, 0.25) is 0 Å².